The lowest BCUT2D eigenvalue weighted by Gasteiger charge is -2.40. The normalized spacial score (nSPS) is 33.9. The van der Waals surface area contributed by atoms with Crippen molar-refractivity contribution in [3.8, 4) is 0 Å². The molecule has 0 aromatic carbocycles. The monoisotopic (exact) mass is 218 g/mol. The third-order valence-corrected chi connectivity index (χ3v) is 5.21. The Morgan fingerprint density at radius 2 is 2.14 bits per heavy atom. The van der Waals surface area contributed by atoms with Crippen LogP contribution in [-0.2, 0) is 9.84 Å². The number of rotatable bonds is 3. The fourth-order valence-corrected chi connectivity index (χ4v) is 4.31. The summed E-state index contributed by atoms with van der Waals surface area (Å²) in [6.07, 6.45) is 2.04. The molecule has 2 aliphatic rings. The molecule has 14 heavy (non-hydrogen) atoms. The van der Waals surface area contributed by atoms with E-state index in [0.29, 0.717) is 24.1 Å². The predicted molar refractivity (Wildman–Crippen MR) is 55.8 cm³/mol. The smallest absolute Gasteiger partial charge is 0.150 e. The van der Waals surface area contributed by atoms with Crippen molar-refractivity contribution in [2.24, 2.45) is 11.7 Å². The standard InChI is InChI=1S/C9H18N2O2S/c10-6-9(11-3-1-4-11)8-2-5-14(12,13)7-8/h8-9H,1-7,10H2. The van der Waals surface area contributed by atoms with E-state index in [1.54, 1.807) is 0 Å². The molecule has 0 aliphatic carbocycles. The van der Waals surface area contributed by atoms with E-state index in [9.17, 15) is 8.42 Å². The zero-order valence-electron chi connectivity index (χ0n) is 8.35. The van der Waals surface area contributed by atoms with E-state index in [0.717, 1.165) is 19.5 Å². The Balaban J connectivity index is 1.99. The molecule has 2 unspecified atom stereocenters. The van der Waals surface area contributed by atoms with Crippen molar-refractivity contribution in [2.75, 3.05) is 31.1 Å². The molecule has 2 N–H and O–H groups in total. The van der Waals surface area contributed by atoms with Crippen LogP contribution < -0.4 is 5.73 Å². The van der Waals surface area contributed by atoms with Gasteiger partial charge in [0.05, 0.1) is 11.5 Å². The first-order chi connectivity index (χ1) is 6.62. The fraction of sp³-hybridized carbons (Fsp3) is 1.00. The Labute approximate surface area is 85.4 Å². The van der Waals surface area contributed by atoms with E-state index >= 15 is 0 Å². The summed E-state index contributed by atoms with van der Waals surface area (Å²) in [4.78, 5) is 2.32. The van der Waals surface area contributed by atoms with Crippen molar-refractivity contribution in [1.82, 2.24) is 4.90 Å². The van der Waals surface area contributed by atoms with Gasteiger partial charge in [-0.2, -0.15) is 0 Å². The summed E-state index contributed by atoms with van der Waals surface area (Å²) in [7, 11) is -2.75. The van der Waals surface area contributed by atoms with Gasteiger partial charge in [0.25, 0.3) is 0 Å². The van der Waals surface area contributed by atoms with E-state index in [-0.39, 0.29) is 5.92 Å². The number of hydrogen-bond donors (Lipinski definition) is 1. The maximum Gasteiger partial charge on any atom is 0.150 e. The zero-order chi connectivity index (χ0) is 10.2. The van der Waals surface area contributed by atoms with Crippen LogP contribution >= 0.6 is 0 Å². The van der Waals surface area contributed by atoms with Gasteiger partial charge in [-0.1, -0.05) is 0 Å². The van der Waals surface area contributed by atoms with E-state index < -0.39 is 9.84 Å². The lowest BCUT2D eigenvalue weighted by atomic mass is 9.95. The minimum atomic E-state index is -2.75. The number of hydrogen-bond acceptors (Lipinski definition) is 4. The fourth-order valence-electron chi connectivity index (χ4n) is 2.44. The zero-order valence-corrected chi connectivity index (χ0v) is 9.17. The van der Waals surface area contributed by atoms with Crippen molar-refractivity contribution >= 4 is 9.84 Å². The number of likely N-dealkylation sites (tertiary alicyclic amines) is 1. The second-order valence-corrected chi connectivity index (χ2v) is 6.58. The molecule has 0 aromatic rings. The molecule has 2 fully saturated rings. The largest absolute Gasteiger partial charge is 0.329 e. The highest BCUT2D eigenvalue weighted by atomic mass is 32.2. The Kier molecular flexibility index (Phi) is 2.81. The third-order valence-electron chi connectivity index (χ3n) is 3.41. The molecule has 2 saturated heterocycles. The Morgan fingerprint density at radius 1 is 1.43 bits per heavy atom. The summed E-state index contributed by atoms with van der Waals surface area (Å²) in [6.45, 7) is 2.79. The van der Waals surface area contributed by atoms with Gasteiger partial charge in [-0.3, -0.25) is 4.90 Å². The summed E-state index contributed by atoms with van der Waals surface area (Å²) in [5.41, 5.74) is 5.72. The van der Waals surface area contributed by atoms with Crippen LogP contribution in [0.1, 0.15) is 12.8 Å². The average Bonchev–Trinajstić information content (AvgIpc) is 2.37. The molecule has 82 valence electrons. The van der Waals surface area contributed by atoms with Crippen LogP contribution in [0.3, 0.4) is 0 Å². The number of sulfone groups is 1. The number of nitrogens with zero attached hydrogens (tertiary/aromatic N) is 1. The first-order valence-corrected chi connectivity index (χ1v) is 7.09. The minimum Gasteiger partial charge on any atom is -0.329 e. The van der Waals surface area contributed by atoms with Crippen molar-refractivity contribution < 1.29 is 8.42 Å². The second-order valence-electron chi connectivity index (χ2n) is 4.36. The Morgan fingerprint density at radius 3 is 2.50 bits per heavy atom. The lowest BCUT2D eigenvalue weighted by molar-refractivity contribution is 0.0893. The van der Waals surface area contributed by atoms with Crippen LogP contribution in [-0.4, -0.2) is 50.5 Å². The molecule has 4 nitrogen and oxygen atoms in total. The van der Waals surface area contributed by atoms with Crippen molar-refractivity contribution in [3.05, 3.63) is 0 Å². The van der Waals surface area contributed by atoms with Crippen molar-refractivity contribution in [3.63, 3.8) is 0 Å². The topological polar surface area (TPSA) is 63.4 Å². The first-order valence-electron chi connectivity index (χ1n) is 5.27. The van der Waals surface area contributed by atoms with Crippen LogP contribution in [0, 0.1) is 5.92 Å². The summed E-state index contributed by atoms with van der Waals surface area (Å²) in [5, 5.41) is 0. The van der Waals surface area contributed by atoms with Gasteiger partial charge in [-0.15, -0.1) is 0 Å². The summed E-state index contributed by atoms with van der Waals surface area (Å²) >= 11 is 0. The Bertz CT molecular complexity index is 298. The molecule has 0 saturated carbocycles. The van der Waals surface area contributed by atoms with Gasteiger partial charge in [0, 0.05) is 12.6 Å². The Hall–Kier alpha value is -0.130. The van der Waals surface area contributed by atoms with E-state index in [1.807, 2.05) is 0 Å². The van der Waals surface area contributed by atoms with Gasteiger partial charge in [0.15, 0.2) is 9.84 Å². The van der Waals surface area contributed by atoms with Gasteiger partial charge >= 0.3 is 0 Å². The number of nitrogens with two attached hydrogens (primary N) is 1. The lowest BCUT2D eigenvalue weighted by Crippen LogP contribution is -2.52. The molecule has 0 bridgehead atoms. The predicted octanol–water partition coefficient (Wildman–Crippen LogP) is -0.546. The van der Waals surface area contributed by atoms with Crippen LogP contribution in [0.2, 0.25) is 0 Å². The maximum atomic E-state index is 11.3. The molecule has 2 rings (SSSR count). The van der Waals surface area contributed by atoms with E-state index in [4.69, 9.17) is 5.73 Å². The highest BCUT2D eigenvalue weighted by Gasteiger charge is 2.37. The van der Waals surface area contributed by atoms with Gasteiger partial charge in [0.1, 0.15) is 0 Å². The molecule has 0 spiro atoms. The molecular weight excluding hydrogens is 200 g/mol. The molecule has 0 amide bonds. The van der Waals surface area contributed by atoms with Crippen LogP contribution in [0.5, 0.6) is 0 Å². The van der Waals surface area contributed by atoms with Crippen LogP contribution in [0.25, 0.3) is 0 Å². The molecule has 0 aromatic heterocycles. The van der Waals surface area contributed by atoms with Crippen molar-refractivity contribution in [1.29, 1.82) is 0 Å². The van der Waals surface area contributed by atoms with Crippen LogP contribution in [0.15, 0.2) is 0 Å². The van der Waals surface area contributed by atoms with Crippen molar-refractivity contribution in [2.45, 2.75) is 18.9 Å². The molecule has 5 heteroatoms. The summed E-state index contributed by atoms with van der Waals surface area (Å²) in [6, 6.07) is 0.307. The molecule has 0 radical (unpaired) electrons. The van der Waals surface area contributed by atoms with E-state index in [1.165, 1.54) is 6.42 Å². The average molecular weight is 218 g/mol. The summed E-state index contributed by atoms with van der Waals surface area (Å²) in [5.74, 6) is 0.998. The molecule has 2 heterocycles. The highest BCUT2D eigenvalue weighted by molar-refractivity contribution is 7.91. The van der Waals surface area contributed by atoms with Gasteiger partial charge < -0.3 is 5.73 Å². The second kappa shape index (κ2) is 3.79. The minimum absolute atomic E-state index is 0.283. The maximum absolute atomic E-state index is 11.3. The van der Waals surface area contributed by atoms with Crippen LogP contribution in [0.4, 0.5) is 0 Å². The van der Waals surface area contributed by atoms with Gasteiger partial charge in [-0.25, -0.2) is 8.42 Å². The van der Waals surface area contributed by atoms with E-state index in [2.05, 4.69) is 4.90 Å². The highest BCUT2D eigenvalue weighted by Crippen LogP contribution is 2.26. The molecule has 2 aliphatic heterocycles. The third kappa shape index (κ3) is 1.94. The van der Waals surface area contributed by atoms with Gasteiger partial charge in [-0.05, 0) is 31.8 Å². The quantitative estimate of drug-likeness (QED) is 0.690. The summed E-state index contributed by atoms with van der Waals surface area (Å²) < 4.78 is 22.7. The molecular formula is C9H18N2O2S. The van der Waals surface area contributed by atoms with Gasteiger partial charge in [0.2, 0.25) is 0 Å². The molecule has 2 atom stereocenters. The SMILES string of the molecule is NCC(C1CCS(=O)(=O)C1)N1CCC1. The first kappa shape index (κ1) is 10.4.